The lowest BCUT2D eigenvalue weighted by atomic mass is 10.2. The average Bonchev–Trinajstić information content (AvgIpc) is 3.53. The maximum atomic E-state index is 13.2. The fourth-order valence-electron chi connectivity index (χ4n) is 3.73. The number of aryl methyl sites for hydroxylation is 1. The molecule has 0 fully saturated rings. The van der Waals surface area contributed by atoms with Crippen molar-refractivity contribution in [3.63, 3.8) is 0 Å². The Kier molecular flexibility index (Phi) is 5.29. The van der Waals surface area contributed by atoms with Gasteiger partial charge in [-0.15, -0.1) is 0 Å². The number of benzene rings is 1. The predicted octanol–water partition coefficient (Wildman–Crippen LogP) is 2.02. The van der Waals surface area contributed by atoms with Crippen molar-refractivity contribution >= 4 is 28.7 Å². The van der Waals surface area contributed by atoms with Crippen LogP contribution in [0.2, 0.25) is 0 Å². The number of nitrogens with zero attached hydrogens (tertiary/aromatic N) is 6. The predicted molar refractivity (Wildman–Crippen MR) is 117 cm³/mol. The molecule has 4 heterocycles. The number of amides is 1. The average molecular weight is 436 g/mol. The van der Waals surface area contributed by atoms with Gasteiger partial charge in [0.05, 0.1) is 24.3 Å². The summed E-state index contributed by atoms with van der Waals surface area (Å²) < 4.78 is 5.30. The topological polar surface area (TPSA) is 99.6 Å². The van der Waals surface area contributed by atoms with Crippen molar-refractivity contribution in [1.29, 1.82) is 0 Å². The highest BCUT2D eigenvalue weighted by molar-refractivity contribution is 7.99. The largest absolute Gasteiger partial charge is 0.356 e. The molecule has 0 saturated carbocycles. The molecular formula is C21H21N7O2S. The van der Waals surface area contributed by atoms with Gasteiger partial charge in [0.15, 0.2) is 10.8 Å². The number of nitrogens with one attached hydrogen (secondary N) is 1. The highest BCUT2D eigenvalue weighted by Gasteiger charge is 2.29. The summed E-state index contributed by atoms with van der Waals surface area (Å²) in [6, 6.07) is 9.40. The summed E-state index contributed by atoms with van der Waals surface area (Å²) >= 11 is 1.50. The second-order valence-electron chi connectivity index (χ2n) is 7.37. The minimum atomic E-state index is -0.210. The molecule has 31 heavy (non-hydrogen) atoms. The highest BCUT2D eigenvalue weighted by Crippen LogP contribution is 2.33. The Hall–Kier alpha value is -3.40. The molecule has 1 N–H and O–H groups in total. The van der Waals surface area contributed by atoms with Crippen LogP contribution in [0, 0.1) is 0 Å². The standard InChI is InChI=1S/C21H21N7O2S/c29-18(23-7-4-9-26-10-8-22-14-26)11-16-13-31-21-25-19-17(20(30)27(16)21)12-24-28(19)15-5-2-1-3-6-15/h1-3,5-6,8,10,12,14,16H,4,7,9,11,13H2,(H,23,29)/t16-/m1/s1. The van der Waals surface area contributed by atoms with Crippen molar-refractivity contribution in [2.75, 3.05) is 12.3 Å². The van der Waals surface area contributed by atoms with E-state index in [0.717, 1.165) is 18.7 Å². The Labute approximate surface area is 182 Å². The van der Waals surface area contributed by atoms with Crippen molar-refractivity contribution < 1.29 is 4.79 Å². The minimum Gasteiger partial charge on any atom is -0.356 e. The molecule has 1 aromatic carbocycles. The molecule has 0 aliphatic carbocycles. The first-order valence-corrected chi connectivity index (χ1v) is 11.1. The van der Waals surface area contributed by atoms with Crippen LogP contribution in [0.25, 0.3) is 16.7 Å². The van der Waals surface area contributed by atoms with Gasteiger partial charge in [-0.25, -0.2) is 14.6 Å². The third-order valence-electron chi connectivity index (χ3n) is 5.27. The van der Waals surface area contributed by atoms with Crippen molar-refractivity contribution in [1.82, 2.24) is 34.2 Å². The number of aromatic nitrogens is 6. The van der Waals surface area contributed by atoms with Gasteiger partial charge in [-0.1, -0.05) is 30.0 Å². The third-order valence-corrected chi connectivity index (χ3v) is 6.36. The normalized spacial score (nSPS) is 15.3. The SMILES string of the molecule is O=C(C[C@@H]1CSc2nc3c(cnn3-c3ccccc3)c(=O)n21)NCCCn1ccnc1. The van der Waals surface area contributed by atoms with Crippen molar-refractivity contribution in [3.8, 4) is 5.69 Å². The molecule has 158 valence electrons. The Bertz CT molecular complexity index is 1260. The van der Waals surface area contributed by atoms with Crippen molar-refractivity contribution in [2.24, 2.45) is 0 Å². The molecule has 0 saturated heterocycles. The van der Waals surface area contributed by atoms with Crippen molar-refractivity contribution in [2.45, 2.75) is 30.6 Å². The van der Waals surface area contributed by atoms with E-state index in [-0.39, 0.29) is 23.9 Å². The van der Waals surface area contributed by atoms with Crippen LogP contribution in [-0.4, -0.2) is 47.1 Å². The van der Waals surface area contributed by atoms with Crippen LogP contribution >= 0.6 is 11.8 Å². The van der Waals surface area contributed by atoms with Crippen LogP contribution in [-0.2, 0) is 11.3 Å². The van der Waals surface area contributed by atoms with Crippen LogP contribution in [0.15, 0.2) is 65.2 Å². The summed E-state index contributed by atoms with van der Waals surface area (Å²) in [7, 11) is 0. The molecular weight excluding hydrogens is 414 g/mol. The second-order valence-corrected chi connectivity index (χ2v) is 8.36. The van der Waals surface area contributed by atoms with Crippen LogP contribution in [0.1, 0.15) is 18.9 Å². The molecule has 1 aliphatic heterocycles. The number of carbonyl (C=O) groups excluding carboxylic acids is 1. The van der Waals surface area contributed by atoms with Crippen LogP contribution in [0.5, 0.6) is 0 Å². The van der Waals surface area contributed by atoms with E-state index in [1.165, 1.54) is 11.8 Å². The van der Waals surface area contributed by atoms with E-state index in [0.29, 0.717) is 28.5 Å². The molecule has 0 spiro atoms. The van der Waals surface area contributed by atoms with Gasteiger partial charge >= 0.3 is 0 Å². The van der Waals surface area contributed by atoms with Gasteiger partial charge in [-0.05, 0) is 18.6 Å². The van der Waals surface area contributed by atoms with Gasteiger partial charge in [0.1, 0.15) is 5.39 Å². The number of fused-ring (bicyclic) bond motifs is 2. The first kappa shape index (κ1) is 19.6. The fourth-order valence-corrected chi connectivity index (χ4v) is 4.86. The molecule has 0 radical (unpaired) electrons. The minimum absolute atomic E-state index is 0.0592. The third kappa shape index (κ3) is 3.86. The molecule has 1 aliphatic rings. The lowest BCUT2D eigenvalue weighted by Crippen LogP contribution is -2.31. The Morgan fingerprint density at radius 3 is 2.94 bits per heavy atom. The smallest absolute Gasteiger partial charge is 0.265 e. The fraction of sp³-hybridized carbons (Fsp3) is 0.286. The molecule has 0 bridgehead atoms. The van der Waals surface area contributed by atoms with Crippen molar-refractivity contribution in [3.05, 3.63) is 65.6 Å². The summed E-state index contributed by atoms with van der Waals surface area (Å²) in [5.41, 5.74) is 1.24. The maximum Gasteiger partial charge on any atom is 0.265 e. The van der Waals surface area contributed by atoms with Gasteiger partial charge in [0.2, 0.25) is 5.91 Å². The van der Waals surface area contributed by atoms with Crippen LogP contribution < -0.4 is 10.9 Å². The summed E-state index contributed by atoms with van der Waals surface area (Å²) in [6.07, 6.45) is 8.02. The summed E-state index contributed by atoms with van der Waals surface area (Å²) in [4.78, 5) is 34.3. The molecule has 0 unspecified atom stereocenters. The van der Waals surface area contributed by atoms with E-state index in [1.807, 2.05) is 41.1 Å². The van der Waals surface area contributed by atoms with E-state index in [1.54, 1.807) is 28.0 Å². The highest BCUT2D eigenvalue weighted by atomic mass is 32.2. The van der Waals surface area contributed by atoms with Gasteiger partial charge in [-0.3, -0.25) is 14.2 Å². The summed E-state index contributed by atoms with van der Waals surface area (Å²) in [6.45, 7) is 1.38. The van der Waals surface area contributed by atoms with Crippen LogP contribution in [0.4, 0.5) is 0 Å². The zero-order valence-corrected chi connectivity index (χ0v) is 17.5. The number of thioether (sulfide) groups is 1. The zero-order chi connectivity index (χ0) is 21.2. The number of hydrogen-bond donors (Lipinski definition) is 1. The van der Waals surface area contributed by atoms with Gasteiger partial charge < -0.3 is 9.88 Å². The summed E-state index contributed by atoms with van der Waals surface area (Å²) in [5.74, 6) is 0.590. The van der Waals surface area contributed by atoms with Gasteiger partial charge in [0, 0.05) is 37.7 Å². The maximum absolute atomic E-state index is 13.2. The lowest BCUT2D eigenvalue weighted by molar-refractivity contribution is -0.121. The summed E-state index contributed by atoms with van der Waals surface area (Å²) in [5, 5.41) is 8.41. The monoisotopic (exact) mass is 435 g/mol. The van der Waals surface area contributed by atoms with Gasteiger partial charge in [-0.2, -0.15) is 5.10 Å². The Balaban J connectivity index is 1.30. The Morgan fingerprint density at radius 1 is 1.26 bits per heavy atom. The van der Waals surface area contributed by atoms with E-state index in [2.05, 4.69) is 15.4 Å². The quantitative estimate of drug-likeness (QED) is 0.352. The van der Waals surface area contributed by atoms with E-state index in [9.17, 15) is 9.59 Å². The molecule has 10 heteroatoms. The number of hydrogen-bond acceptors (Lipinski definition) is 6. The lowest BCUT2D eigenvalue weighted by Gasteiger charge is -2.13. The first-order chi connectivity index (χ1) is 15.2. The molecule has 1 amide bonds. The Morgan fingerprint density at radius 2 is 2.13 bits per heavy atom. The zero-order valence-electron chi connectivity index (χ0n) is 16.7. The second kappa shape index (κ2) is 8.38. The van der Waals surface area contributed by atoms with E-state index < -0.39 is 0 Å². The number of para-hydroxylation sites is 1. The number of imidazole rings is 1. The number of rotatable bonds is 7. The number of carbonyl (C=O) groups is 1. The molecule has 9 nitrogen and oxygen atoms in total. The van der Waals surface area contributed by atoms with E-state index in [4.69, 9.17) is 4.98 Å². The molecule has 3 aromatic heterocycles. The van der Waals surface area contributed by atoms with Gasteiger partial charge in [0.25, 0.3) is 5.56 Å². The molecule has 4 aromatic rings. The van der Waals surface area contributed by atoms with Crippen LogP contribution in [0.3, 0.4) is 0 Å². The molecule has 1 atom stereocenters. The van der Waals surface area contributed by atoms with E-state index >= 15 is 0 Å². The first-order valence-electron chi connectivity index (χ1n) is 10.1. The molecule has 5 rings (SSSR count).